The molecule has 1 saturated heterocycles. The van der Waals surface area contributed by atoms with E-state index in [4.69, 9.17) is 0 Å². The maximum Gasteiger partial charge on any atom is 0.317 e. The summed E-state index contributed by atoms with van der Waals surface area (Å²) in [6.07, 6.45) is 2.17. The Bertz CT molecular complexity index is 427. The predicted octanol–water partition coefficient (Wildman–Crippen LogP) is 2.87. The van der Waals surface area contributed by atoms with Gasteiger partial charge >= 0.3 is 6.03 Å². The molecule has 1 N–H and O–H groups in total. The molecule has 0 saturated carbocycles. The van der Waals surface area contributed by atoms with Crippen molar-refractivity contribution in [3.8, 4) is 0 Å². The fraction of sp³-hybridized carbons (Fsp3) is 0.588. The molecule has 4 heteroatoms. The second kappa shape index (κ2) is 8.03. The van der Waals surface area contributed by atoms with Gasteiger partial charge in [0.2, 0.25) is 0 Å². The van der Waals surface area contributed by atoms with Crippen LogP contribution in [0.4, 0.5) is 4.79 Å². The van der Waals surface area contributed by atoms with Crippen LogP contribution >= 0.6 is 0 Å². The summed E-state index contributed by atoms with van der Waals surface area (Å²) in [4.78, 5) is 16.4. The number of nitrogens with one attached hydrogen (secondary N) is 1. The third-order valence-electron chi connectivity index (χ3n) is 4.24. The number of carbonyl (C=O) groups excluding carboxylic acids is 1. The van der Waals surface area contributed by atoms with E-state index in [0.29, 0.717) is 6.04 Å². The molecule has 1 heterocycles. The molecule has 2 rings (SSSR count). The third kappa shape index (κ3) is 4.46. The molecule has 21 heavy (non-hydrogen) atoms. The lowest BCUT2D eigenvalue weighted by atomic mass is 10.1. The van der Waals surface area contributed by atoms with Crippen molar-refractivity contribution in [1.29, 1.82) is 0 Å². The summed E-state index contributed by atoms with van der Waals surface area (Å²) in [6, 6.07) is 11.1. The molecule has 2 amide bonds. The van der Waals surface area contributed by atoms with Gasteiger partial charge in [-0.2, -0.15) is 0 Å². The van der Waals surface area contributed by atoms with Gasteiger partial charge < -0.3 is 10.2 Å². The number of hydrogen-bond donors (Lipinski definition) is 1. The Morgan fingerprint density at radius 2 is 1.86 bits per heavy atom. The van der Waals surface area contributed by atoms with Gasteiger partial charge in [-0.15, -0.1) is 0 Å². The molecule has 1 unspecified atom stereocenters. The van der Waals surface area contributed by atoms with Crippen molar-refractivity contribution in [2.45, 2.75) is 32.7 Å². The minimum Gasteiger partial charge on any atom is -0.338 e. The molecule has 1 aliphatic heterocycles. The minimum atomic E-state index is 0.0930. The van der Waals surface area contributed by atoms with Crippen LogP contribution in [0.3, 0.4) is 0 Å². The first kappa shape index (κ1) is 15.8. The predicted molar refractivity (Wildman–Crippen MR) is 86.3 cm³/mol. The van der Waals surface area contributed by atoms with E-state index in [9.17, 15) is 4.79 Å². The zero-order valence-electron chi connectivity index (χ0n) is 13.2. The maximum absolute atomic E-state index is 12.0. The first-order valence-corrected chi connectivity index (χ1v) is 8.04. The highest BCUT2D eigenvalue weighted by Gasteiger charge is 2.24. The molecular weight excluding hydrogens is 262 g/mol. The number of carbonyl (C=O) groups is 1. The van der Waals surface area contributed by atoms with Crippen LogP contribution in [-0.4, -0.2) is 48.6 Å². The van der Waals surface area contributed by atoms with Gasteiger partial charge in [0.15, 0.2) is 0 Å². The summed E-state index contributed by atoms with van der Waals surface area (Å²) in [5.41, 5.74) is 1.35. The Labute approximate surface area is 128 Å². The standard InChI is InChI=1S/C17H27N3O/c1-3-4-10-18-17(21)20-13-11-19(12-14-20)15(2)16-8-6-5-7-9-16/h5-9,15H,3-4,10-14H2,1-2H3,(H,18,21). The molecule has 0 bridgehead atoms. The van der Waals surface area contributed by atoms with Crippen LogP contribution in [0.5, 0.6) is 0 Å². The highest BCUT2D eigenvalue weighted by Crippen LogP contribution is 2.21. The molecule has 1 aliphatic rings. The van der Waals surface area contributed by atoms with Crippen molar-refractivity contribution in [2.24, 2.45) is 0 Å². The molecule has 0 radical (unpaired) electrons. The van der Waals surface area contributed by atoms with Crippen molar-refractivity contribution < 1.29 is 4.79 Å². The van der Waals surface area contributed by atoms with Gasteiger partial charge in [0.1, 0.15) is 0 Å². The number of urea groups is 1. The lowest BCUT2D eigenvalue weighted by Crippen LogP contribution is -2.52. The monoisotopic (exact) mass is 289 g/mol. The van der Waals surface area contributed by atoms with Gasteiger partial charge in [-0.1, -0.05) is 43.7 Å². The van der Waals surface area contributed by atoms with Crippen molar-refractivity contribution >= 4 is 6.03 Å². The molecule has 0 aliphatic carbocycles. The summed E-state index contributed by atoms with van der Waals surface area (Å²) >= 11 is 0. The second-order valence-electron chi connectivity index (χ2n) is 5.70. The number of nitrogens with zero attached hydrogens (tertiary/aromatic N) is 2. The van der Waals surface area contributed by atoms with Crippen molar-refractivity contribution in [1.82, 2.24) is 15.1 Å². The number of hydrogen-bond acceptors (Lipinski definition) is 2. The summed E-state index contributed by atoms with van der Waals surface area (Å²) in [7, 11) is 0. The van der Waals surface area contributed by atoms with Gasteiger partial charge in [-0.3, -0.25) is 4.90 Å². The van der Waals surface area contributed by atoms with E-state index in [0.717, 1.165) is 45.6 Å². The fourth-order valence-electron chi connectivity index (χ4n) is 2.74. The summed E-state index contributed by atoms with van der Waals surface area (Å²) in [5, 5.41) is 3.00. The van der Waals surface area contributed by atoms with E-state index in [1.165, 1.54) is 5.56 Å². The first-order valence-electron chi connectivity index (χ1n) is 8.04. The molecular formula is C17H27N3O. The normalized spacial score (nSPS) is 17.5. The number of piperazine rings is 1. The van der Waals surface area contributed by atoms with Crippen molar-refractivity contribution in [3.63, 3.8) is 0 Å². The third-order valence-corrected chi connectivity index (χ3v) is 4.24. The minimum absolute atomic E-state index is 0.0930. The lowest BCUT2D eigenvalue weighted by molar-refractivity contribution is 0.114. The highest BCUT2D eigenvalue weighted by molar-refractivity contribution is 5.74. The van der Waals surface area contributed by atoms with Gasteiger partial charge in [0, 0.05) is 38.8 Å². The first-order chi connectivity index (χ1) is 10.2. The van der Waals surface area contributed by atoms with E-state index < -0.39 is 0 Å². The smallest absolute Gasteiger partial charge is 0.317 e. The van der Waals surface area contributed by atoms with Crippen LogP contribution in [0.2, 0.25) is 0 Å². The lowest BCUT2D eigenvalue weighted by Gasteiger charge is -2.38. The van der Waals surface area contributed by atoms with Crippen LogP contribution in [0, 0.1) is 0 Å². The number of amides is 2. The van der Waals surface area contributed by atoms with E-state index in [1.54, 1.807) is 0 Å². The largest absolute Gasteiger partial charge is 0.338 e. The van der Waals surface area contributed by atoms with E-state index in [1.807, 2.05) is 4.90 Å². The molecule has 4 nitrogen and oxygen atoms in total. The summed E-state index contributed by atoms with van der Waals surface area (Å²) in [5.74, 6) is 0. The Kier molecular flexibility index (Phi) is 6.05. The number of rotatable bonds is 5. The van der Waals surface area contributed by atoms with E-state index in [-0.39, 0.29) is 6.03 Å². The molecule has 0 spiro atoms. The van der Waals surface area contributed by atoms with Crippen LogP contribution in [0.1, 0.15) is 38.3 Å². The average Bonchev–Trinajstić information content (AvgIpc) is 2.55. The molecule has 1 aromatic carbocycles. The van der Waals surface area contributed by atoms with Crippen LogP contribution < -0.4 is 5.32 Å². The van der Waals surface area contributed by atoms with Crippen molar-refractivity contribution in [2.75, 3.05) is 32.7 Å². The quantitative estimate of drug-likeness (QED) is 0.846. The van der Waals surface area contributed by atoms with Gasteiger partial charge in [0.25, 0.3) is 0 Å². The Morgan fingerprint density at radius 1 is 1.19 bits per heavy atom. The Hall–Kier alpha value is -1.55. The van der Waals surface area contributed by atoms with Crippen molar-refractivity contribution in [3.05, 3.63) is 35.9 Å². The molecule has 1 atom stereocenters. The fourth-order valence-corrected chi connectivity index (χ4v) is 2.74. The Morgan fingerprint density at radius 3 is 2.48 bits per heavy atom. The Balaban J connectivity index is 1.79. The van der Waals surface area contributed by atoms with Crippen LogP contribution in [0.25, 0.3) is 0 Å². The number of benzene rings is 1. The van der Waals surface area contributed by atoms with Crippen LogP contribution in [-0.2, 0) is 0 Å². The maximum atomic E-state index is 12.0. The highest BCUT2D eigenvalue weighted by atomic mass is 16.2. The number of unbranched alkanes of at least 4 members (excludes halogenated alkanes) is 1. The SMILES string of the molecule is CCCCNC(=O)N1CCN(C(C)c2ccccc2)CC1. The van der Waals surface area contributed by atoms with E-state index >= 15 is 0 Å². The molecule has 0 aromatic heterocycles. The van der Waals surface area contributed by atoms with Gasteiger partial charge in [-0.05, 0) is 18.9 Å². The molecule has 1 aromatic rings. The molecule has 116 valence electrons. The molecule has 1 fully saturated rings. The summed E-state index contributed by atoms with van der Waals surface area (Å²) in [6.45, 7) is 8.68. The van der Waals surface area contributed by atoms with Gasteiger partial charge in [-0.25, -0.2) is 4.79 Å². The zero-order valence-corrected chi connectivity index (χ0v) is 13.2. The summed E-state index contributed by atoms with van der Waals surface area (Å²) < 4.78 is 0. The average molecular weight is 289 g/mol. The zero-order chi connectivity index (χ0) is 15.1. The van der Waals surface area contributed by atoms with Crippen LogP contribution in [0.15, 0.2) is 30.3 Å². The topological polar surface area (TPSA) is 35.6 Å². The van der Waals surface area contributed by atoms with E-state index in [2.05, 4.69) is 54.4 Å². The second-order valence-corrected chi connectivity index (χ2v) is 5.70. The van der Waals surface area contributed by atoms with Gasteiger partial charge in [0.05, 0.1) is 0 Å².